The summed E-state index contributed by atoms with van der Waals surface area (Å²) in [5.41, 5.74) is 0.803. The molecule has 3 aliphatic rings. The lowest BCUT2D eigenvalue weighted by atomic mass is 9.97. The largest absolute Gasteiger partial charge is 0.462 e. The van der Waals surface area contributed by atoms with Gasteiger partial charge in [0.05, 0.1) is 6.61 Å². The number of esters is 1. The summed E-state index contributed by atoms with van der Waals surface area (Å²) >= 11 is 0. The molecule has 0 amide bonds. The first kappa shape index (κ1) is 19.5. The quantitative estimate of drug-likeness (QED) is 0.641. The molecule has 1 N–H and O–H groups in total. The molecular weight excluding hydrogens is 353 g/mol. The lowest BCUT2D eigenvalue weighted by molar-refractivity contribution is -0.156. The Hall–Kier alpha value is -0.850. The summed E-state index contributed by atoms with van der Waals surface area (Å²) in [7, 11) is 2.13. The van der Waals surface area contributed by atoms with Crippen LogP contribution in [0.4, 0.5) is 0 Å². The van der Waals surface area contributed by atoms with Gasteiger partial charge in [-0.25, -0.2) is 0 Å². The van der Waals surface area contributed by atoms with E-state index in [1.165, 1.54) is 0 Å². The highest BCUT2D eigenvalue weighted by Crippen LogP contribution is 2.48. The Morgan fingerprint density at radius 2 is 1.83 bits per heavy atom. The molecular formula is C17H23Cl2NO4. The molecule has 0 radical (unpaired) electrons. The summed E-state index contributed by atoms with van der Waals surface area (Å²) in [6.07, 6.45) is 2.26. The molecule has 2 bridgehead atoms. The van der Waals surface area contributed by atoms with Crippen molar-refractivity contribution in [1.29, 1.82) is 0 Å². The van der Waals surface area contributed by atoms with Crippen molar-refractivity contribution in [1.82, 2.24) is 4.90 Å². The molecule has 0 aliphatic carbocycles. The summed E-state index contributed by atoms with van der Waals surface area (Å²) in [6, 6.07) is 10.1. The van der Waals surface area contributed by atoms with Crippen LogP contribution in [0.5, 0.6) is 0 Å². The van der Waals surface area contributed by atoms with Crippen molar-refractivity contribution >= 4 is 30.8 Å². The van der Waals surface area contributed by atoms with Gasteiger partial charge in [-0.2, -0.15) is 0 Å². The number of aliphatic hydroxyl groups is 1. The molecule has 3 aliphatic heterocycles. The van der Waals surface area contributed by atoms with Crippen molar-refractivity contribution in [3.05, 3.63) is 35.9 Å². The molecule has 24 heavy (non-hydrogen) atoms. The maximum absolute atomic E-state index is 12.4. The maximum atomic E-state index is 12.4. The van der Waals surface area contributed by atoms with Crippen LogP contribution in [0, 0.1) is 0 Å². The number of ether oxygens (including phenoxy) is 2. The number of likely N-dealkylation sites (N-methyl/N-ethyl adjacent to an activating group) is 1. The topological polar surface area (TPSA) is 62.3 Å². The first-order valence-corrected chi connectivity index (χ1v) is 7.92. The van der Waals surface area contributed by atoms with E-state index in [4.69, 9.17) is 9.47 Å². The molecule has 1 aromatic rings. The normalized spacial score (nSPS) is 34.3. The highest BCUT2D eigenvalue weighted by molar-refractivity contribution is 5.85. The van der Waals surface area contributed by atoms with Crippen LogP contribution in [0.25, 0.3) is 0 Å². The highest BCUT2D eigenvalue weighted by atomic mass is 35.5. The number of benzene rings is 1. The van der Waals surface area contributed by atoms with Gasteiger partial charge in [-0.05, 0) is 12.6 Å². The van der Waals surface area contributed by atoms with Crippen molar-refractivity contribution in [2.24, 2.45) is 0 Å². The number of piperidine rings is 1. The first-order chi connectivity index (χ1) is 10.7. The summed E-state index contributed by atoms with van der Waals surface area (Å²) < 4.78 is 11.4. The Bertz CT molecular complexity index is 555. The zero-order valence-electron chi connectivity index (χ0n) is 13.4. The smallest absolute Gasteiger partial charge is 0.316 e. The van der Waals surface area contributed by atoms with Crippen molar-refractivity contribution in [2.75, 3.05) is 13.7 Å². The van der Waals surface area contributed by atoms with Gasteiger partial charge in [-0.3, -0.25) is 9.69 Å². The molecule has 1 unspecified atom stereocenters. The van der Waals surface area contributed by atoms with Crippen LogP contribution in [0.15, 0.2) is 30.3 Å². The van der Waals surface area contributed by atoms with Crippen molar-refractivity contribution in [2.45, 2.75) is 49.2 Å². The molecule has 0 aromatic heterocycles. The number of hydrogen-bond acceptors (Lipinski definition) is 5. The zero-order valence-corrected chi connectivity index (χ0v) is 15.0. The van der Waals surface area contributed by atoms with Gasteiger partial charge in [0.1, 0.15) is 24.2 Å². The van der Waals surface area contributed by atoms with Gasteiger partial charge < -0.3 is 14.6 Å². The third-order valence-electron chi connectivity index (χ3n) is 5.33. The van der Waals surface area contributed by atoms with E-state index in [2.05, 4.69) is 11.9 Å². The second-order valence-corrected chi connectivity index (χ2v) is 6.54. The van der Waals surface area contributed by atoms with Crippen LogP contribution >= 0.6 is 24.8 Å². The number of carbonyl (C=O) groups excluding carboxylic acids is 1. The number of aliphatic hydroxyl groups excluding tert-OH is 1. The van der Waals surface area contributed by atoms with E-state index in [-0.39, 0.29) is 43.5 Å². The SMILES string of the molecule is CN1[C@@H]2CC(OC(=O)[C@H](CO)c3ccccc3)C[C@H]1[C@@H]1O[C@@H]12.Cl.Cl. The Morgan fingerprint density at radius 3 is 2.38 bits per heavy atom. The number of rotatable bonds is 4. The van der Waals surface area contributed by atoms with E-state index in [9.17, 15) is 9.90 Å². The minimum atomic E-state index is -0.593. The Labute approximate surface area is 154 Å². The van der Waals surface area contributed by atoms with Crippen LogP contribution in [0.3, 0.4) is 0 Å². The Morgan fingerprint density at radius 1 is 1.25 bits per heavy atom. The molecule has 4 rings (SSSR count). The van der Waals surface area contributed by atoms with Gasteiger partial charge in [0.15, 0.2) is 0 Å². The van der Waals surface area contributed by atoms with Crippen molar-refractivity contribution in [3.63, 3.8) is 0 Å². The molecule has 134 valence electrons. The van der Waals surface area contributed by atoms with Gasteiger partial charge in [0.25, 0.3) is 0 Å². The standard InChI is InChI=1S/C17H21NO4.2ClH/c1-18-13-7-11(8-14(18)16-15(13)22-16)21-17(20)12(9-19)10-5-3-2-4-6-10;;/h2-6,11-16,19H,7-9H2,1H3;2*1H/t11?,12-,13-,14+,15-,16+;;/m1../s1. The van der Waals surface area contributed by atoms with E-state index >= 15 is 0 Å². The van der Waals surface area contributed by atoms with Crippen LogP contribution in [-0.4, -0.2) is 60.0 Å². The van der Waals surface area contributed by atoms with Crippen LogP contribution in [0.2, 0.25) is 0 Å². The minimum Gasteiger partial charge on any atom is -0.462 e. The van der Waals surface area contributed by atoms with E-state index in [0.717, 1.165) is 18.4 Å². The van der Waals surface area contributed by atoms with Crippen LogP contribution < -0.4 is 0 Å². The first-order valence-electron chi connectivity index (χ1n) is 7.92. The minimum absolute atomic E-state index is 0. The predicted octanol–water partition coefficient (Wildman–Crippen LogP) is 1.76. The fourth-order valence-corrected chi connectivity index (χ4v) is 4.04. The summed E-state index contributed by atoms with van der Waals surface area (Å²) in [5, 5.41) is 9.56. The highest BCUT2D eigenvalue weighted by Gasteiger charge is 2.62. The number of hydrogen-bond donors (Lipinski definition) is 1. The molecule has 6 atom stereocenters. The zero-order chi connectivity index (χ0) is 15.3. The molecule has 1 aromatic carbocycles. The van der Waals surface area contributed by atoms with Crippen molar-refractivity contribution in [3.8, 4) is 0 Å². The number of epoxide rings is 1. The average Bonchev–Trinajstić information content (AvgIpc) is 3.27. The summed E-state index contributed by atoms with van der Waals surface area (Å²) in [4.78, 5) is 14.8. The van der Waals surface area contributed by atoms with Gasteiger partial charge in [0, 0.05) is 24.9 Å². The Balaban J connectivity index is 0.00000104. The fraction of sp³-hybridized carbons (Fsp3) is 0.588. The second kappa shape index (κ2) is 7.58. The van der Waals surface area contributed by atoms with Crippen LogP contribution in [-0.2, 0) is 14.3 Å². The molecule has 3 fully saturated rings. The third kappa shape index (κ3) is 3.28. The molecule has 5 nitrogen and oxygen atoms in total. The van der Waals surface area contributed by atoms with E-state index in [0.29, 0.717) is 24.3 Å². The van der Waals surface area contributed by atoms with Gasteiger partial charge in [0.2, 0.25) is 0 Å². The molecule has 3 saturated heterocycles. The average molecular weight is 376 g/mol. The fourth-order valence-electron chi connectivity index (χ4n) is 4.04. The molecule has 0 spiro atoms. The van der Waals surface area contributed by atoms with Crippen LogP contribution in [0.1, 0.15) is 24.3 Å². The van der Waals surface area contributed by atoms with Crippen molar-refractivity contribution < 1.29 is 19.4 Å². The number of fused-ring (bicyclic) bond motifs is 5. The predicted molar refractivity (Wildman–Crippen MR) is 93.9 cm³/mol. The monoisotopic (exact) mass is 375 g/mol. The Kier molecular flexibility index (Phi) is 6.15. The number of carbonyl (C=O) groups is 1. The van der Waals surface area contributed by atoms with E-state index in [1.54, 1.807) is 0 Å². The van der Waals surface area contributed by atoms with Gasteiger partial charge in [-0.1, -0.05) is 30.3 Å². The third-order valence-corrected chi connectivity index (χ3v) is 5.33. The van der Waals surface area contributed by atoms with Gasteiger partial charge >= 0.3 is 5.97 Å². The van der Waals surface area contributed by atoms with E-state index in [1.807, 2.05) is 30.3 Å². The molecule has 7 heteroatoms. The maximum Gasteiger partial charge on any atom is 0.316 e. The van der Waals surface area contributed by atoms with Gasteiger partial charge in [-0.15, -0.1) is 24.8 Å². The lowest BCUT2D eigenvalue weighted by Crippen LogP contribution is -2.48. The molecule has 0 saturated carbocycles. The lowest BCUT2D eigenvalue weighted by Gasteiger charge is -2.38. The van der Waals surface area contributed by atoms with E-state index < -0.39 is 5.92 Å². The molecule has 3 heterocycles. The number of halogens is 2. The number of morpholine rings is 1. The summed E-state index contributed by atoms with van der Waals surface area (Å²) in [5.74, 6) is -0.915. The number of nitrogens with zero attached hydrogens (tertiary/aromatic N) is 1. The second-order valence-electron chi connectivity index (χ2n) is 6.54. The summed E-state index contributed by atoms with van der Waals surface area (Å²) in [6.45, 7) is -0.226.